The first kappa shape index (κ1) is 17.8. The second-order valence-electron chi connectivity index (χ2n) is 5.73. The maximum absolute atomic E-state index is 12.2. The molecular formula is C15H28N2O4. The Morgan fingerprint density at radius 1 is 1.43 bits per heavy atom. The predicted molar refractivity (Wildman–Crippen MR) is 80.2 cm³/mol. The normalized spacial score (nSPS) is 21.7. The maximum Gasteiger partial charge on any atom is 0.326 e. The van der Waals surface area contributed by atoms with Crippen LogP contribution in [0.3, 0.4) is 0 Å². The lowest BCUT2D eigenvalue weighted by Gasteiger charge is -2.34. The first-order chi connectivity index (χ1) is 9.99. The van der Waals surface area contributed by atoms with Gasteiger partial charge in [0.05, 0.1) is 6.10 Å². The van der Waals surface area contributed by atoms with Gasteiger partial charge in [0, 0.05) is 19.7 Å². The number of hydrogen-bond acceptors (Lipinski definition) is 3. The number of hydrogen-bond donors (Lipinski definition) is 2. The number of carboxylic acids is 1. The van der Waals surface area contributed by atoms with Crippen LogP contribution in [-0.4, -0.2) is 53.8 Å². The van der Waals surface area contributed by atoms with Crippen LogP contribution in [0.2, 0.25) is 0 Å². The zero-order chi connectivity index (χ0) is 15.8. The average molecular weight is 300 g/mol. The summed E-state index contributed by atoms with van der Waals surface area (Å²) in [6.07, 6.45) is 3.58. The van der Waals surface area contributed by atoms with Crippen molar-refractivity contribution >= 4 is 12.0 Å². The van der Waals surface area contributed by atoms with Crippen molar-refractivity contribution in [3.8, 4) is 0 Å². The van der Waals surface area contributed by atoms with Crippen LogP contribution in [0.15, 0.2) is 0 Å². The zero-order valence-corrected chi connectivity index (χ0v) is 13.3. The molecule has 0 aromatic carbocycles. The van der Waals surface area contributed by atoms with Crippen LogP contribution in [0.4, 0.5) is 4.79 Å². The molecule has 0 aromatic heterocycles. The largest absolute Gasteiger partial charge is 0.480 e. The molecule has 1 heterocycles. The second kappa shape index (κ2) is 8.87. The Kier molecular flexibility index (Phi) is 7.50. The van der Waals surface area contributed by atoms with E-state index in [9.17, 15) is 14.7 Å². The number of amides is 2. The van der Waals surface area contributed by atoms with E-state index in [4.69, 9.17) is 4.74 Å². The van der Waals surface area contributed by atoms with Gasteiger partial charge in [0.2, 0.25) is 0 Å². The molecule has 6 heteroatoms. The Morgan fingerprint density at radius 3 is 2.71 bits per heavy atom. The molecule has 0 saturated carbocycles. The van der Waals surface area contributed by atoms with Crippen molar-refractivity contribution in [1.82, 2.24) is 10.2 Å². The predicted octanol–water partition coefficient (Wildman–Crippen LogP) is 2.09. The molecule has 2 amide bonds. The van der Waals surface area contributed by atoms with Crippen LogP contribution >= 0.6 is 0 Å². The summed E-state index contributed by atoms with van der Waals surface area (Å²) in [6, 6.07) is -1.13. The molecule has 1 rings (SSSR count). The highest BCUT2D eigenvalue weighted by atomic mass is 16.5. The first-order valence-corrected chi connectivity index (χ1v) is 7.89. The molecule has 6 nitrogen and oxygen atoms in total. The van der Waals surface area contributed by atoms with Gasteiger partial charge in [-0.25, -0.2) is 9.59 Å². The standard InChI is InChI=1S/C15H28N2O4/c1-4-9-21-12-7-6-8-17(10-12)15(20)16-13(14(18)19)11(3)5-2/h11-13H,4-10H2,1-3H3,(H,16,20)(H,18,19)/t11-,12?,13-/m0/s1. The fraction of sp³-hybridized carbons (Fsp3) is 0.867. The van der Waals surface area contributed by atoms with Crippen LogP contribution in [0.1, 0.15) is 46.5 Å². The van der Waals surface area contributed by atoms with Gasteiger partial charge >= 0.3 is 12.0 Å². The highest BCUT2D eigenvalue weighted by molar-refractivity contribution is 5.82. The smallest absolute Gasteiger partial charge is 0.326 e. The quantitative estimate of drug-likeness (QED) is 0.754. The third-order valence-corrected chi connectivity index (χ3v) is 3.98. The highest BCUT2D eigenvalue weighted by Gasteiger charge is 2.29. The van der Waals surface area contributed by atoms with E-state index in [2.05, 4.69) is 12.2 Å². The van der Waals surface area contributed by atoms with Gasteiger partial charge in [-0.05, 0) is 25.2 Å². The lowest BCUT2D eigenvalue weighted by Crippen LogP contribution is -2.53. The molecule has 0 aromatic rings. The summed E-state index contributed by atoms with van der Waals surface area (Å²) in [5.74, 6) is -1.07. The Morgan fingerprint density at radius 2 is 2.14 bits per heavy atom. The Labute approximate surface area is 126 Å². The van der Waals surface area contributed by atoms with E-state index in [1.807, 2.05) is 13.8 Å². The van der Waals surface area contributed by atoms with Crippen molar-refractivity contribution in [3.63, 3.8) is 0 Å². The minimum atomic E-state index is -0.978. The van der Waals surface area contributed by atoms with E-state index in [-0.39, 0.29) is 18.1 Å². The Bertz CT molecular complexity index is 349. The van der Waals surface area contributed by atoms with Crippen LogP contribution in [0, 0.1) is 5.92 Å². The third kappa shape index (κ3) is 5.53. The number of aliphatic carboxylic acids is 1. The molecule has 122 valence electrons. The second-order valence-corrected chi connectivity index (χ2v) is 5.73. The number of urea groups is 1. The van der Waals surface area contributed by atoms with E-state index in [1.165, 1.54) is 0 Å². The van der Waals surface area contributed by atoms with Gasteiger partial charge in [0.1, 0.15) is 6.04 Å². The molecule has 1 aliphatic heterocycles. The summed E-state index contributed by atoms with van der Waals surface area (Å²) in [5.41, 5.74) is 0. The van der Waals surface area contributed by atoms with Crippen molar-refractivity contribution in [2.24, 2.45) is 5.92 Å². The molecule has 0 radical (unpaired) electrons. The highest BCUT2D eigenvalue weighted by Crippen LogP contribution is 2.15. The van der Waals surface area contributed by atoms with Gasteiger partial charge in [-0.3, -0.25) is 0 Å². The Balaban J connectivity index is 2.54. The van der Waals surface area contributed by atoms with Gasteiger partial charge in [-0.1, -0.05) is 27.2 Å². The summed E-state index contributed by atoms with van der Waals surface area (Å²) in [6.45, 7) is 7.70. The summed E-state index contributed by atoms with van der Waals surface area (Å²) in [4.78, 5) is 25.2. The van der Waals surface area contributed by atoms with Crippen molar-refractivity contribution in [2.45, 2.75) is 58.6 Å². The van der Waals surface area contributed by atoms with Crippen molar-refractivity contribution in [2.75, 3.05) is 19.7 Å². The lowest BCUT2D eigenvalue weighted by atomic mass is 9.99. The number of nitrogens with zero attached hydrogens (tertiary/aromatic N) is 1. The van der Waals surface area contributed by atoms with Crippen LogP contribution in [0.5, 0.6) is 0 Å². The topological polar surface area (TPSA) is 78.9 Å². The molecule has 2 N–H and O–H groups in total. The monoisotopic (exact) mass is 300 g/mol. The molecule has 1 fully saturated rings. The van der Waals surface area contributed by atoms with E-state index < -0.39 is 12.0 Å². The number of rotatable bonds is 7. The molecule has 1 saturated heterocycles. The number of carboxylic acid groups (broad SMARTS) is 1. The van der Waals surface area contributed by atoms with Gasteiger partial charge in [-0.2, -0.15) is 0 Å². The SMILES string of the molecule is CCCOC1CCCN(C(=O)N[C@H](C(=O)O)[C@@H](C)CC)C1. The number of carbonyl (C=O) groups is 2. The fourth-order valence-corrected chi connectivity index (χ4v) is 2.45. The minimum absolute atomic E-state index is 0.0660. The van der Waals surface area contributed by atoms with Gasteiger partial charge in [0.25, 0.3) is 0 Å². The van der Waals surface area contributed by atoms with E-state index in [1.54, 1.807) is 4.90 Å². The summed E-state index contributed by atoms with van der Waals surface area (Å²) < 4.78 is 5.70. The van der Waals surface area contributed by atoms with E-state index in [0.717, 1.165) is 19.3 Å². The number of carbonyl (C=O) groups excluding carboxylic acids is 1. The number of likely N-dealkylation sites (tertiary alicyclic amines) is 1. The third-order valence-electron chi connectivity index (χ3n) is 3.98. The summed E-state index contributed by atoms with van der Waals surface area (Å²) in [5, 5.41) is 11.9. The van der Waals surface area contributed by atoms with E-state index >= 15 is 0 Å². The average Bonchev–Trinajstić information content (AvgIpc) is 2.49. The molecule has 3 atom stereocenters. The fourth-order valence-electron chi connectivity index (χ4n) is 2.45. The molecule has 0 bridgehead atoms. The van der Waals surface area contributed by atoms with Gasteiger partial charge in [-0.15, -0.1) is 0 Å². The van der Waals surface area contributed by atoms with Gasteiger partial charge in [0.15, 0.2) is 0 Å². The number of nitrogens with one attached hydrogen (secondary N) is 1. The maximum atomic E-state index is 12.2. The lowest BCUT2D eigenvalue weighted by molar-refractivity contribution is -0.140. The summed E-state index contributed by atoms with van der Waals surface area (Å²) in [7, 11) is 0. The van der Waals surface area contributed by atoms with Crippen LogP contribution in [-0.2, 0) is 9.53 Å². The number of piperidine rings is 1. The van der Waals surface area contributed by atoms with Gasteiger partial charge < -0.3 is 20.1 Å². The molecule has 0 spiro atoms. The van der Waals surface area contributed by atoms with Crippen molar-refractivity contribution in [1.29, 1.82) is 0 Å². The Hall–Kier alpha value is -1.30. The van der Waals surface area contributed by atoms with Crippen LogP contribution < -0.4 is 5.32 Å². The minimum Gasteiger partial charge on any atom is -0.480 e. The molecule has 0 aliphatic carbocycles. The summed E-state index contributed by atoms with van der Waals surface area (Å²) >= 11 is 0. The zero-order valence-electron chi connectivity index (χ0n) is 13.3. The van der Waals surface area contributed by atoms with E-state index in [0.29, 0.717) is 26.1 Å². The van der Waals surface area contributed by atoms with Crippen molar-refractivity contribution < 1.29 is 19.4 Å². The van der Waals surface area contributed by atoms with Crippen molar-refractivity contribution in [3.05, 3.63) is 0 Å². The molecule has 21 heavy (non-hydrogen) atoms. The molecular weight excluding hydrogens is 272 g/mol. The molecule has 1 aliphatic rings. The molecule has 1 unspecified atom stereocenters. The number of ether oxygens (including phenoxy) is 1. The first-order valence-electron chi connectivity index (χ1n) is 7.89. The van der Waals surface area contributed by atoms with Crippen LogP contribution in [0.25, 0.3) is 0 Å².